The molecule has 0 aromatic heterocycles. The molecule has 0 spiro atoms. The summed E-state index contributed by atoms with van der Waals surface area (Å²) in [5, 5.41) is 0. The summed E-state index contributed by atoms with van der Waals surface area (Å²) in [6, 6.07) is 17.4. The average Bonchev–Trinajstić information content (AvgIpc) is 3.45. The van der Waals surface area contributed by atoms with Crippen LogP contribution in [0.5, 0.6) is 0 Å². The molecule has 3 aliphatic heterocycles. The van der Waals surface area contributed by atoms with E-state index in [2.05, 4.69) is 4.90 Å². The predicted octanol–water partition coefficient (Wildman–Crippen LogP) is 4.30. The molecule has 0 N–H and O–H groups in total. The molecule has 9 heteroatoms. The molecule has 3 heterocycles. The van der Waals surface area contributed by atoms with Gasteiger partial charge in [-0.15, -0.1) is 0 Å². The molecular formula is C35H42N4O5. The highest BCUT2D eigenvalue weighted by atomic mass is 16.6. The van der Waals surface area contributed by atoms with Crippen molar-refractivity contribution < 1.29 is 23.9 Å². The topological polar surface area (TPSA) is 90.5 Å². The normalized spacial score (nSPS) is 25.6. The van der Waals surface area contributed by atoms with E-state index in [9.17, 15) is 19.2 Å². The van der Waals surface area contributed by atoms with E-state index in [0.717, 1.165) is 30.5 Å². The van der Waals surface area contributed by atoms with Crippen molar-refractivity contribution in [2.24, 2.45) is 0 Å². The minimum absolute atomic E-state index is 0.0216. The van der Waals surface area contributed by atoms with Crippen LogP contribution < -0.4 is 0 Å². The van der Waals surface area contributed by atoms with E-state index in [4.69, 9.17) is 4.74 Å². The summed E-state index contributed by atoms with van der Waals surface area (Å²) in [6.45, 7) is 3.33. The minimum Gasteiger partial charge on any atom is -0.447 e. The molecule has 44 heavy (non-hydrogen) atoms. The van der Waals surface area contributed by atoms with Gasteiger partial charge in [-0.05, 0) is 30.4 Å². The second-order valence-electron chi connectivity index (χ2n) is 12.3. The molecule has 1 aliphatic carbocycles. The van der Waals surface area contributed by atoms with Gasteiger partial charge in [0.2, 0.25) is 11.8 Å². The van der Waals surface area contributed by atoms with Crippen molar-refractivity contribution in [1.29, 1.82) is 0 Å². The highest BCUT2D eigenvalue weighted by Gasteiger charge is 2.57. The number of carbonyl (C=O) groups excluding carboxylic acids is 4. The Kier molecular flexibility index (Phi) is 9.40. The summed E-state index contributed by atoms with van der Waals surface area (Å²) in [5.74, 6) is -0.286. The van der Waals surface area contributed by atoms with E-state index >= 15 is 0 Å². The van der Waals surface area contributed by atoms with Gasteiger partial charge in [-0.1, -0.05) is 92.1 Å². The number of rotatable bonds is 10. The van der Waals surface area contributed by atoms with Gasteiger partial charge in [0.1, 0.15) is 18.9 Å². The SMILES string of the molecule is O=C[C@H](CCC(=O)N1CCN(C2CCCCC2)CC1)N1C(=O)C(N2C(=O)OCC2c2ccccc2)C1/C=C/c1ccccc1. The Balaban J connectivity index is 1.14. The smallest absolute Gasteiger partial charge is 0.411 e. The molecule has 232 valence electrons. The van der Waals surface area contributed by atoms with Crippen molar-refractivity contribution in [1.82, 2.24) is 19.6 Å². The van der Waals surface area contributed by atoms with E-state index in [1.54, 1.807) is 4.90 Å². The summed E-state index contributed by atoms with van der Waals surface area (Å²) in [7, 11) is 0. The van der Waals surface area contributed by atoms with E-state index in [0.29, 0.717) is 19.1 Å². The first kappa shape index (κ1) is 30.1. The van der Waals surface area contributed by atoms with Crippen molar-refractivity contribution in [3.05, 3.63) is 77.9 Å². The van der Waals surface area contributed by atoms with Gasteiger partial charge in [-0.25, -0.2) is 4.79 Å². The van der Waals surface area contributed by atoms with Gasteiger partial charge in [-0.2, -0.15) is 0 Å². The first-order valence-corrected chi connectivity index (χ1v) is 16.1. The molecule has 0 bridgehead atoms. The number of carbonyl (C=O) groups is 4. The van der Waals surface area contributed by atoms with Crippen LogP contribution in [0, 0.1) is 0 Å². The monoisotopic (exact) mass is 598 g/mol. The van der Waals surface area contributed by atoms with Gasteiger partial charge in [-0.3, -0.25) is 19.4 Å². The van der Waals surface area contributed by atoms with E-state index < -0.39 is 30.3 Å². The molecular weight excluding hydrogens is 556 g/mol. The van der Waals surface area contributed by atoms with Gasteiger partial charge < -0.3 is 19.3 Å². The number of hydrogen-bond donors (Lipinski definition) is 0. The standard InChI is InChI=1S/C35H42N4O5/c40-24-29(17-19-32(41)37-22-20-36(21-23-37)28-14-8-3-9-15-28)38-30(18-16-26-10-4-1-5-11-26)33(34(38)42)39-31(25-44-35(39)43)27-12-6-2-7-13-27/h1-2,4-7,10-13,16,18,24,28-31,33H,3,8-9,14-15,17,19-23,25H2/b18-16+/t29-,30?,31?,33?/m0/s1. The number of piperazine rings is 1. The van der Waals surface area contributed by atoms with E-state index in [-0.39, 0.29) is 31.3 Å². The second kappa shape index (κ2) is 13.8. The summed E-state index contributed by atoms with van der Waals surface area (Å²) >= 11 is 0. The Morgan fingerprint density at radius 3 is 2.27 bits per heavy atom. The lowest BCUT2D eigenvalue weighted by Gasteiger charge is -2.51. The van der Waals surface area contributed by atoms with Crippen molar-refractivity contribution in [3.63, 3.8) is 0 Å². The van der Waals surface area contributed by atoms with E-state index in [1.807, 2.05) is 77.7 Å². The van der Waals surface area contributed by atoms with Gasteiger partial charge >= 0.3 is 6.09 Å². The second-order valence-corrected chi connectivity index (χ2v) is 12.3. The van der Waals surface area contributed by atoms with Crippen LogP contribution in [-0.4, -0.2) is 101 Å². The molecule has 0 radical (unpaired) electrons. The summed E-state index contributed by atoms with van der Waals surface area (Å²) in [4.78, 5) is 60.0. The van der Waals surface area contributed by atoms with Crippen LogP contribution >= 0.6 is 0 Å². The van der Waals surface area contributed by atoms with Crippen LogP contribution in [0.15, 0.2) is 66.7 Å². The first-order valence-electron chi connectivity index (χ1n) is 16.1. The Morgan fingerprint density at radius 2 is 1.59 bits per heavy atom. The highest BCUT2D eigenvalue weighted by molar-refractivity contribution is 5.96. The summed E-state index contributed by atoms with van der Waals surface area (Å²) < 4.78 is 5.43. The third-order valence-electron chi connectivity index (χ3n) is 9.76. The molecule has 3 amide bonds. The van der Waals surface area contributed by atoms with Crippen molar-refractivity contribution in [3.8, 4) is 0 Å². The van der Waals surface area contributed by atoms with Gasteiger partial charge in [0, 0.05) is 38.6 Å². The fourth-order valence-electron chi connectivity index (χ4n) is 7.31. The maximum absolute atomic E-state index is 13.8. The number of β-lactam (4-membered cyclic amide) rings is 1. The Labute approximate surface area is 259 Å². The van der Waals surface area contributed by atoms with Crippen LogP contribution in [0.4, 0.5) is 4.79 Å². The summed E-state index contributed by atoms with van der Waals surface area (Å²) in [6.07, 6.45) is 10.9. The van der Waals surface area contributed by atoms with Crippen molar-refractivity contribution in [2.45, 2.75) is 75.2 Å². The zero-order valence-electron chi connectivity index (χ0n) is 25.2. The van der Waals surface area contributed by atoms with E-state index in [1.165, 1.54) is 37.0 Å². The van der Waals surface area contributed by atoms with Crippen LogP contribution in [0.25, 0.3) is 6.08 Å². The first-order chi connectivity index (χ1) is 21.5. The van der Waals surface area contributed by atoms with Crippen molar-refractivity contribution in [2.75, 3.05) is 32.8 Å². The number of amides is 3. The maximum Gasteiger partial charge on any atom is 0.411 e. The minimum atomic E-state index is -0.804. The van der Waals surface area contributed by atoms with Gasteiger partial charge in [0.25, 0.3) is 0 Å². The number of benzene rings is 2. The molecule has 9 nitrogen and oxygen atoms in total. The fourth-order valence-corrected chi connectivity index (χ4v) is 7.31. The lowest BCUT2D eigenvalue weighted by atomic mass is 9.87. The molecule has 2 aromatic carbocycles. The van der Waals surface area contributed by atoms with Crippen LogP contribution in [0.1, 0.15) is 62.1 Å². The molecule has 1 saturated carbocycles. The molecule has 4 fully saturated rings. The Hall–Kier alpha value is -3.98. The lowest BCUT2D eigenvalue weighted by molar-refractivity contribution is -0.161. The molecule has 4 aliphatic rings. The lowest BCUT2D eigenvalue weighted by Crippen LogP contribution is -2.72. The zero-order chi connectivity index (χ0) is 30.5. The summed E-state index contributed by atoms with van der Waals surface area (Å²) in [5.41, 5.74) is 1.83. The van der Waals surface area contributed by atoms with Crippen LogP contribution in [0.2, 0.25) is 0 Å². The van der Waals surface area contributed by atoms with Gasteiger partial charge in [0.05, 0.1) is 18.1 Å². The third-order valence-corrected chi connectivity index (χ3v) is 9.76. The molecule has 2 aromatic rings. The van der Waals surface area contributed by atoms with Crippen LogP contribution in [-0.2, 0) is 19.1 Å². The zero-order valence-corrected chi connectivity index (χ0v) is 25.2. The highest BCUT2D eigenvalue weighted by Crippen LogP contribution is 2.38. The van der Waals surface area contributed by atoms with Gasteiger partial charge in [0.15, 0.2) is 0 Å². The molecule has 6 rings (SSSR count). The number of likely N-dealkylation sites (tertiary alicyclic amines) is 1. The van der Waals surface area contributed by atoms with Crippen LogP contribution in [0.3, 0.4) is 0 Å². The number of nitrogens with zero attached hydrogens (tertiary/aromatic N) is 4. The molecule has 3 saturated heterocycles. The Morgan fingerprint density at radius 1 is 0.909 bits per heavy atom. The number of cyclic esters (lactones) is 1. The Bertz CT molecular complexity index is 1340. The number of aldehydes is 1. The molecule has 4 atom stereocenters. The quantitative estimate of drug-likeness (QED) is 0.299. The third kappa shape index (κ3) is 6.29. The maximum atomic E-state index is 13.8. The number of hydrogen-bond acceptors (Lipinski definition) is 6. The number of ether oxygens (including phenoxy) is 1. The largest absolute Gasteiger partial charge is 0.447 e. The average molecular weight is 599 g/mol. The van der Waals surface area contributed by atoms with Crippen molar-refractivity contribution >= 4 is 30.3 Å². The molecule has 3 unspecified atom stereocenters. The predicted molar refractivity (Wildman–Crippen MR) is 166 cm³/mol. The fraction of sp³-hybridized carbons (Fsp3) is 0.486.